The first-order valence-electron chi connectivity index (χ1n) is 4.74. The van der Waals surface area contributed by atoms with Gasteiger partial charge in [-0.25, -0.2) is 0 Å². The zero-order valence-corrected chi connectivity index (χ0v) is 8.14. The summed E-state index contributed by atoms with van der Waals surface area (Å²) in [4.78, 5) is 0. The molecular formula is C12H18. The highest BCUT2D eigenvalue weighted by Crippen LogP contribution is 2.31. The van der Waals surface area contributed by atoms with Crippen molar-refractivity contribution >= 4 is 0 Å². The van der Waals surface area contributed by atoms with Gasteiger partial charge in [0.15, 0.2) is 0 Å². The Kier molecular flexibility index (Phi) is 3.33. The van der Waals surface area contributed by atoms with Gasteiger partial charge in [-0.3, -0.25) is 0 Å². The molecule has 0 spiro atoms. The van der Waals surface area contributed by atoms with E-state index in [2.05, 4.69) is 31.7 Å². The van der Waals surface area contributed by atoms with Gasteiger partial charge in [0.2, 0.25) is 0 Å². The first-order valence-corrected chi connectivity index (χ1v) is 4.74. The third kappa shape index (κ3) is 2.37. The van der Waals surface area contributed by atoms with E-state index in [1.54, 1.807) is 0 Å². The minimum atomic E-state index is 0.840. The molecular weight excluding hydrogens is 144 g/mol. The molecule has 0 heterocycles. The van der Waals surface area contributed by atoms with E-state index < -0.39 is 0 Å². The highest BCUT2D eigenvalue weighted by molar-refractivity contribution is 5.33. The Bertz CT molecular complexity index is 218. The molecule has 1 unspecified atom stereocenters. The van der Waals surface area contributed by atoms with Crippen molar-refractivity contribution in [2.45, 2.75) is 33.1 Å². The molecule has 1 fully saturated rings. The third-order valence-corrected chi connectivity index (χ3v) is 2.45. The lowest BCUT2D eigenvalue weighted by Crippen LogP contribution is -2.06. The molecule has 12 heavy (non-hydrogen) atoms. The van der Waals surface area contributed by atoms with Crippen molar-refractivity contribution in [3.63, 3.8) is 0 Å². The molecule has 0 heteroatoms. The Morgan fingerprint density at radius 3 is 2.92 bits per heavy atom. The highest BCUT2D eigenvalue weighted by Gasteiger charge is 2.14. The monoisotopic (exact) mass is 162 g/mol. The van der Waals surface area contributed by atoms with Gasteiger partial charge in [0.25, 0.3) is 0 Å². The van der Waals surface area contributed by atoms with Crippen LogP contribution in [-0.2, 0) is 0 Å². The Morgan fingerprint density at radius 1 is 1.50 bits per heavy atom. The number of rotatable bonds is 1. The molecule has 0 N–H and O–H groups in total. The van der Waals surface area contributed by atoms with Crippen LogP contribution in [-0.4, -0.2) is 0 Å². The number of hydrogen-bond donors (Lipinski definition) is 0. The van der Waals surface area contributed by atoms with Crippen LogP contribution in [0.15, 0.2) is 36.0 Å². The van der Waals surface area contributed by atoms with Crippen LogP contribution in [0.4, 0.5) is 0 Å². The summed E-state index contributed by atoms with van der Waals surface area (Å²) in [5.41, 5.74) is 2.79. The van der Waals surface area contributed by atoms with Gasteiger partial charge in [-0.1, -0.05) is 37.3 Å². The second-order valence-corrected chi connectivity index (χ2v) is 3.67. The second-order valence-electron chi connectivity index (χ2n) is 3.67. The molecule has 0 aromatic rings. The molecule has 0 nitrogen and oxygen atoms in total. The molecule has 0 aliphatic heterocycles. The zero-order chi connectivity index (χ0) is 8.97. The first-order chi connectivity index (χ1) is 5.74. The fourth-order valence-electron chi connectivity index (χ4n) is 1.60. The standard InChI is InChI=1S/C12H18/c1-4-5-6-12-9-10(2)7-8-11(12)3/h4-6,10H,3,7-9H2,1-2H3/b5-4-,12-6-. The lowest BCUT2D eigenvalue weighted by atomic mass is 9.83. The summed E-state index contributed by atoms with van der Waals surface area (Å²) in [5, 5.41) is 0. The van der Waals surface area contributed by atoms with E-state index in [1.807, 2.05) is 6.92 Å². The molecule has 0 aromatic carbocycles. The lowest BCUT2D eigenvalue weighted by molar-refractivity contribution is 0.498. The molecule has 66 valence electrons. The van der Waals surface area contributed by atoms with E-state index >= 15 is 0 Å². The molecule has 1 rings (SSSR count). The number of hydrogen-bond acceptors (Lipinski definition) is 0. The maximum atomic E-state index is 4.08. The predicted octanol–water partition coefficient (Wildman–Crippen LogP) is 3.87. The maximum Gasteiger partial charge on any atom is -0.0250 e. The van der Waals surface area contributed by atoms with Gasteiger partial charge in [0, 0.05) is 0 Å². The van der Waals surface area contributed by atoms with Crippen LogP contribution in [0.25, 0.3) is 0 Å². The molecule has 1 aliphatic rings. The van der Waals surface area contributed by atoms with Crippen molar-refractivity contribution in [3.05, 3.63) is 36.0 Å². The summed E-state index contributed by atoms with van der Waals surface area (Å²) in [7, 11) is 0. The smallest absolute Gasteiger partial charge is 0.0250 e. The van der Waals surface area contributed by atoms with E-state index in [9.17, 15) is 0 Å². The van der Waals surface area contributed by atoms with Crippen LogP contribution in [0.3, 0.4) is 0 Å². The fraction of sp³-hybridized carbons (Fsp3) is 0.500. The normalized spacial score (nSPS) is 28.7. The number of allylic oxidation sites excluding steroid dienone is 5. The average Bonchev–Trinajstić information content (AvgIpc) is 2.07. The van der Waals surface area contributed by atoms with Crippen LogP contribution in [0, 0.1) is 5.92 Å². The summed E-state index contributed by atoms with van der Waals surface area (Å²) in [6.07, 6.45) is 10.1. The van der Waals surface area contributed by atoms with Crippen LogP contribution in [0.1, 0.15) is 33.1 Å². The molecule has 1 atom stereocenters. The van der Waals surface area contributed by atoms with Crippen molar-refractivity contribution in [3.8, 4) is 0 Å². The Balaban J connectivity index is 2.66. The van der Waals surface area contributed by atoms with Crippen molar-refractivity contribution in [1.82, 2.24) is 0 Å². The lowest BCUT2D eigenvalue weighted by Gasteiger charge is -2.22. The topological polar surface area (TPSA) is 0 Å². The summed E-state index contributed by atoms with van der Waals surface area (Å²) in [5.74, 6) is 0.840. The maximum absolute atomic E-state index is 4.08. The van der Waals surface area contributed by atoms with Crippen molar-refractivity contribution < 1.29 is 0 Å². The van der Waals surface area contributed by atoms with Gasteiger partial charge in [-0.2, -0.15) is 0 Å². The van der Waals surface area contributed by atoms with E-state index in [-0.39, 0.29) is 0 Å². The summed E-state index contributed by atoms with van der Waals surface area (Å²) in [6, 6.07) is 0. The Labute approximate surface area is 75.7 Å². The Morgan fingerprint density at radius 2 is 2.25 bits per heavy atom. The van der Waals surface area contributed by atoms with Gasteiger partial charge in [0.05, 0.1) is 0 Å². The summed E-state index contributed by atoms with van der Waals surface area (Å²) in [6.45, 7) is 8.44. The van der Waals surface area contributed by atoms with Crippen LogP contribution in [0.5, 0.6) is 0 Å². The van der Waals surface area contributed by atoms with Gasteiger partial charge in [-0.15, -0.1) is 0 Å². The van der Waals surface area contributed by atoms with E-state index in [0.29, 0.717) is 0 Å². The minimum Gasteiger partial charge on any atom is -0.0956 e. The van der Waals surface area contributed by atoms with Gasteiger partial charge < -0.3 is 0 Å². The summed E-state index contributed by atoms with van der Waals surface area (Å²) >= 11 is 0. The molecule has 0 radical (unpaired) electrons. The first kappa shape index (κ1) is 9.31. The van der Waals surface area contributed by atoms with E-state index in [0.717, 1.165) is 5.92 Å². The highest BCUT2D eigenvalue weighted by atomic mass is 14.2. The molecule has 1 aliphatic carbocycles. The van der Waals surface area contributed by atoms with Gasteiger partial charge >= 0.3 is 0 Å². The predicted molar refractivity (Wildman–Crippen MR) is 55.1 cm³/mol. The SMILES string of the molecule is C=C1CCC(C)C/C1=C/C=C\C. The molecule has 1 saturated carbocycles. The average molecular weight is 162 g/mol. The van der Waals surface area contributed by atoms with E-state index in [1.165, 1.54) is 30.4 Å². The van der Waals surface area contributed by atoms with E-state index in [4.69, 9.17) is 0 Å². The zero-order valence-electron chi connectivity index (χ0n) is 8.14. The molecule has 0 saturated heterocycles. The van der Waals surface area contributed by atoms with Crippen LogP contribution >= 0.6 is 0 Å². The van der Waals surface area contributed by atoms with Crippen molar-refractivity contribution in [2.24, 2.45) is 5.92 Å². The van der Waals surface area contributed by atoms with Crippen LogP contribution in [0.2, 0.25) is 0 Å². The van der Waals surface area contributed by atoms with Gasteiger partial charge in [0.1, 0.15) is 0 Å². The van der Waals surface area contributed by atoms with Crippen molar-refractivity contribution in [2.75, 3.05) is 0 Å². The largest absolute Gasteiger partial charge is 0.0956 e. The molecule has 0 amide bonds. The minimum absolute atomic E-state index is 0.840. The molecule has 0 aromatic heterocycles. The quantitative estimate of drug-likeness (QED) is 0.549. The molecule has 0 bridgehead atoms. The van der Waals surface area contributed by atoms with Crippen molar-refractivity contribution in [1.29, 1.82) is 0 Å². The van der Waals surface area contributed by atoms with Gasteiger partial charge in [-0.05, 0) is 37.7 Å². The second kappa shape index (κ2) is 4.30. The Hall–Kier alpha value is -0.780. The third-order valence-electron chi connectivity index (χ3n) is 2.45. The summed E-state index contributed by atoms with van der Waals surface area (Å²) < 4.78 is 0. The fourth-order valence-corrected chi connectivity index (χ4v) is 1.60. The van der Waals surface area contributed by atoms with Crippen LogP contribution < -0.4 is 0 Å².